The van der Waals surface area contributed by atoms with Crippen molar-refractivity contribution in [3.8, 4) is 0 Å². The van der Waals surface area contributed by atoms with E-state index in [0.29, 0.717) is 17.8 Å². The summed E-state index contributed by atoms with van der Waals surface area (Å²) in [6.07, 6.45) is 0. The average molecular weight is 353 g/mol. The van der Waals surface area contributed by atoms with Crippen LogP contribution in [0.1, 0.15) is 11.1 Å². The van der Waals surface area contributed by atoms with Crippen molar-refractivity contribution in [1.29, 1.82) is 5.41 Å². The van der Waals surface area contributed by atoms with Crippen LogP contribution in [0.25, 0.3) is 0 Å². The topological polar surface area (TPSA) is 97.3 Å². The highest BCUT2D eigenvalue weighted by Crippen LogP contribution is 2.15. The molecule has 0 saturated heterocycles. The SMILES string of the molecule is CNc1ccccc1C(=N)C(=O)NCc1ccc(NC(=O)N(C)C)cc1. The Morgan fingerprint density at radius 2 is 1.69 bits per heavy atom. The number of carbonyl (C=O) groups is 2. The molecule has 7 heteroatoms. The summed E-state index contributed by atoms with van der Waals surface area (Å²) < 4.78 is 0. The Bertz CT molecular complexity index is 800. The van der Waals surface area contributed by atoms with Crippen LogP contribution in [0.3, 0.4) is 0 Å². The van der Waals surface area contributed by atoms with Crippen LogP contribution in [-0.4, -0.2) is 43.7 Å². The zero-order chi connectivity index (χ0) is 19.1. The number of urea groups is 1. The Hall–Kier alpha value is -3.35. The van der Waals surface area contributed by atoms with Crippen LogP contribution >= 0.6 is 0 Å². The molecule has 136 valence electrons. The smallest absolute Gasteiger partial charge is 0.321 e. The molecule has 0 spiro atoms. The number of benzene rings is 2. The maximum absolute atomic E-state index is 12.2. The Balaban J connectivity index is 1.94. The fraction of sp³-hybridized carbons (Fsp3) is 0.211. The van der Waals surface area contributed by atoms with Crippen molar-refractivity contribution in [2.75, 3.05) is 31.8 Å². The Morgan fingerprint density at radius 1 is 1.04 bits per heavy atom. The number of anilines is 2. The number of nitrogens with one attached hydrogen (secondary N) is 4. The lowest BCUT2D eigenvalue weighted by atomic mass is 10.1. The summed E-state index contributed by atoms with van der Waals surface area (Å²) in [5.74, 6) is -0.447. The van der Waals surface area contributed by atoms with Crippen LogP contribution in [0.2, 0.25) is 0 Å². The lowest BCUT2D eigenvalue weighted by Gasteiger charge is -2.13. The summed E-state index contributed by atoms with van der Waals surface area (Å²) in [7, 11) is 5.08. The molecule has 0 saturated carbocycles. The molecular formula is C19H23N5O2. The monoisotopic (exact) mass is 353 g/mol. The molecule has 26 heavy (non-hydrogen) atoms. The summed E-state index contributed by atoms with van der Waals surface area (Å²) in [6.45, 7) is 0.296. The molecular weight excluding hydrogens is 330 g/mol. The molecule has 0 fully saturated rings. The van der Waals surface area contributed by atoms with Crippen molar-refractivity contribution in [2.24, 2.45) is 0 Å². The van der Waals surface area contributed by atoms with E-state index in [2.05, 4.69) is 16.0 Å². The summed E-state index contributed by atoms with van der Waals surface area (Å²) in [5.41, 5.74) is 2.73. The van der Waals surface area contributed by atoms with Crippen LogP contribution in [0.15, 0.2) is 48.5 Å². The van der Waals surface area contributed by atoms with Gasteiger partial charge in [0.25, 0.3) is 5.91 Å². The zero-order valence-electron chi connectivity index (χ0n) is 15.1. The van der Waals surface area contributed by atoms with Crippen LogP contribution in [-0.2, 0) is 11.3 Å². The van der Waals surface area contributed by atoms with Gasteiger partial charge in [-0.25, -0.2) is 4.79 Å². The first kappa shape index (κ1) is 19.0. The molecule has 0 heterocycles. The minimum Gasteiger partial charge on any atom is -0.388 e. The van der Waals surface area contributed by atoms with Crippen molar-refractivity contribution < 1.29 is 9.59 Å². The minimum absolute atomic E-state index is 0.0928. The molecule has 7 nitrogen and oxygen atoms in total. The van der Waals surface area contributed by atoms with Gasteiger partial charge in [-0.15, -0.1) is 0 Å². The number of hydrogen-bond donors (Lipinski definition) is 4. The molecule has 0 atom stereocenters. The van der Waals surface area contributed by atoms with Gasteiger partial charge in [0.05, 0.1) is 0 Å². The highest BCUT2D eigenvalue weighted by molar-refractivity contribution is 6.45. The fourth-order valence-corrected chi connectivity index (χ4v) is 2.25. The van der Waals surface area contributed by atoms with E-state index < -0.39 is 5.91 Å². The molecule has 2 rings (SSSR count). The van der Waals surface area contributed by atoms with Crippen molar-refractivity contribution in [2.45, 2.75) is 6.54 Å². The van der Waals surface area contributed by atoms with Crippen molar-refractivity contribution in [1.82, 2.24) is 10.2 Å². The Labute approximate surface area is 152 Å². The number of rotatable bonds is 6. The van der Waals surface area contributed by atoms with Gasteiger partial charge < -0.3 is 20.9 Å². The van der Waals surface area contributed by atoms with Crippen LogP contribution in [0.5, 0.6) is 0 Å². The van der Waals surface area contributed by atoms with Gasteiger partial charge >= 0.3 is 6.03 Å². The van der Waals surface area contributed by atoms with Gasteiger partial charge in [-0.2, -0.15) is 0 Å². The third kappa shape index (κ3) is 4.83. The third-order valence-corrected chi connectivity index (χ3v) is 3.76. The Morgan fingerprint density at radius 3 is 2.31 bits per heavy atom. The molecule has 0 unspecified atom stereocenters. The first-order valence-electron chi connectivity index (χ1n) is 8.13. The van der Waals surface area contributed by atoms with E-state index in [4.69, 9.17) is 5.41 Å². The quantitative estimate of drug-likeness (QED) is 0.601. The normalized spacial score (nSPS) is 9.96. The maximum Gasteiger partial charge on any atom is 0.321 e. The van der Waals surface area contributed by atoms with Crippen molar-refractivity contribution in [3.05, 3.63) is 59.7 Å². The lowest BCUT2D eigenvalue weighted by molar-refractivity contribution is -0.114. The van der Waals surface area contributed by atoms with E-state index in [9.17, 15) is 9.59 Å². The van der Waals surface area contributed by atoms with Gasteiger partial charge in [0.15, 0.2) is 0 Å². The molecule has 0 aliphatic heterocycles. The second-order valence-electron chi connectivity index (χ2n) is 5.87. The van der Waals surface area contributed by atoms with Gasteiger partial charge in [-0.05, 0) is 23.8 Å². The van der Waals surface area contributed by atoms with Gasteiger partial charge in [-0.1, -0.05) is 30.3 Å². The number of hydrogen-bond acceptors (Lipinski definition) is 4. The molecule has 2 aromatic rings. The lowest BCUT2D eigenvalue weighted by Crippen LogP contribution is -2.31. The van der Waals surface area contributed by atoms with Crippen molar-refractivity contribution in [3.63, 3.8) is 0 Å². The zero-order valence-corrected chi connectivity index (χ0v) is 15.1. The molecule has 0 radical (unpaired) electrons. The largest absolute Gasteiger partial charge is 0.388 e. The number of nitrogens with zero attached hydrogens (tertiary/aromatic N) is 1. The van der Waals surface area contributed by atoms with E-state index in [0.717, 1.165) is 11.3 Å². The standard InChI is InChI=1S/C19H23N5O2/c1-21-16-7-5-4-6-15(16)17(20)18(25)22-12-13-8-10-14(11-9-13)23-19(26)24(2)3/h4-11,20-21H,12H2,1-3H3,(H,22,25)(H,23,26). The predicted octanol–water partition coefficient (Wildman–Crippen LogP) is 2.51. The van der Waals surface area contributed by atoms with E-state index in [1.54, 1.807) is 45.4 Å². The molecule has 0 aliphatic rings. The van der Waals surface area contributed by atoms with Crippen molar-refractivity contribution >= 4 is 29.0 Å². The molecule has 0 aromatic heterocycles. The van der Waals surface area contributed by atoms with Crippen LogP contribution in [0, 0.1) is 5.41 Å². The minimum atomic E-state index is -0.447. The molecule has 3 amide bonds. The molecule has 4 N–H and O–H groups in total. The summed E-state index contributed by atoms with van der Waals surface area (Å²) in [5, 5.41) is 16.6. The van der Waals surface area contributed by atoms with E-state index in [1.807, 2.05) is 24.3 Å². The second-order valence-corrected chi connectivity index (χ2v) is 5.87. The highest BCUT2D eigenvalue weighted by atomic mass is 16.2. The van der Waals surface area contributed by atoms with Crippen LogP contribution in [0.4, 0.5) is 16.2 Å². The van der Waals surface area contributed by atoms with Gasteiger partial charge in [-0.3, -0.25) is 10.2 Å². The van der Waals surface area contributed by atoms with Gasteiger partial charge in [0, 0.05) is 44.6 Å². The Kier molecular flexibility index (Phi) is 6.32. The van der Waals surface area contributed by atoms with Gasteiger partial charge in [0.1, 0.15) is 5.71 Å². The average Bonchev–Trinajstić information content (AvgIpc) is 2.66. The van der Waals surface area contributed by atoms with Crippen LogP contribution < -0.4 is 16.0 Å². The summed E-state index contributed by atoms with van der Waals surface area (Å²) >= 11 is 0. The number of para-hydroxylation sites is 1. The van der Waals surface area contributed by atoms with E-state index in [-0.39, 0.29) is 11.7 Å². The maximum atomic E-state index is 12.2. The third-order valence-electron chi connectivity index (χ3n) is 3.76. The van der Waals surface area contributed by atoms with E-state index >= 15 is 0 Å². The molecule has 0 aliphatic carbocycles. The first-order valence-corrected chi connectivity index (χ1v) is 8.13. The predicted molar refractivity (Wildman–Crippen MR) is 104 cm³/mol. The molecule has 2 aromatic carbocycles. The highest BCUT2D eigenvalue weighted by Gasteiger charge is 2.14. The first-order chi connectivity index (χ1) is 12.4. The fourth-order valence-electron chi connectivity index (χ4n) is 2.25. The number of carbonyl (C=O) groups excluding carboxylic acids is 2. The summed E-state index contributed by atoms with van der Waals surface area (Å²) in [4.78, 5) is 25.3. The number of amides is 3. The van der Waals surface area contributed by atoms with E-state index in [1.165, 1.54) is 4.90 Å². The summed E-state index contributed by atoms with van der Waals surface area (Å²) in [6, 6.07) is 14.1. The second kappa shape index (κ2) is 8.66. The van der Waals surface area contributed by atoms with Gasteiger partial charge in [0.2, 0.25) is 0 Å². The molecule has 0 bridgehead atoms.